The van der Waals surface area contributed by atoms with Crippen molar-refractivity contribution >= 4 is 12.1 Å². The van der Waals surface area contributed by atoms with Crippen LogP contribution in [0.25, 0.3) is 11.1 Å². The second-order valence-corrected chi connectivity index (χ2v) is 7.83. The van der Waals surface area contributed by atoms with Crippen LogP contribution in [0.15, 0.2) is 60.7 Å². The predicted molar refractivity (Wildman–Crippen MR) is 123 cm³/mol. The van der Waals surface area contributed by atoms with Crippen LogP contribution in [0.2, 0.25) is 0 Å². The van der Waals surface area contributed by atoms with Crippen molar-refractivity contribution in [2.45, 2.75) is 19.6 Å². The molecule has 0 fully saturated rings. The van der Waals surface area contributed by atoms with E-state index in [1.54, 1.807) is 24.3 Å². The van der Waals surface area contributed by atoms with E-state index in [0.29, 0.717) is 46.7 Å². The molecule has 1 aliphatic rings. The van der Waals surface area contributed by atoms with E-state index in [1.165, 1.54) is 18.2 Å². The summed E-state index contributed by atoms with van der Waals surface area (Å²) >= 11 is 0. The van der Waals surface area contributed by atoms with Crippen molar-refractivity contribution in [2.24, 2.45) is 0 Å². The molecule has 8 nitrogen and oxygen atoms in total. The molecule has 0 radical (unpaired) electrons. The highest BCUT2D eigenvalue weighted by Crippen LogP contribution is 2.39. The lowest BCUT2D eigenvalue weighted by Crippen LogP contribution is -2.34. The summed E-state index contributed by atoms with van der Waals surface area (Å²) in [4.78, 5) is 28.5. The molecule has 1 heterocycles. The van der Waals surface area contributed by atoms with E-state index in [0.717, 1.165) is 5.56 Å². The maximum absolute atomic E-state index is 14.7. The normalized spacial score (nSPS) is 13.0. The van der Waals surface area contributed by atoms with Crippen LogP contribution in [-0.2, 0) is 33.9 Å². The average molecular weight is 481 g/mol. The summed E-state index contributed by atoms with van der Waals surface area (Å²) in [6.07, 6.45) is -0.532. The van der Waals surface area contributed by atoms with Crippen LogP contribution in [-0.4, -0.2) is 42.6 Å². The second kappa shape index (κ2) is 10.9. The molecule has 0 unspecified atom stereocenters. The lowest BCUT2D eigenvalue weighted by molar-refractivity contribution is -0.139. The van der Waals surface area contributed by atoms with Crippen LogP contribution >= 0.6 is 0 Å². The molecule has 3 aromatic carbocycles. The molecule has 0 saturated heterocycles. The Hall–Kier alpha value is -4.11. The minimum atomic E-state index is -1.10. The molecular formula is C26H24FNO7. The highest BCUT2D eigenvalue weighted by molar-refractivity contribution is 5.76. The first-order chi connectivity index (χ1) is 16.9. The number of halogens is 1. The summed E-state index contributed by atoms with van der Waals surface area (Å²) < 4.78 is 30.6. The van der Waals surface area contributed by atoms with Crippen molar-refractivity contribution in [1.82, 2.24) is 5.06 Å². The van der Waals surface area contributed by atoms with Crippen molar-refractivity contribution in [3.63, 3.8) is 0 Å². The monoisotopic (exact) mass is 481 g/mol. The van der Waals surface area contributed by atoms with E-state index in [9.17, 15) is 14.0 Å². The predicted octanol–water partition coefficient (Wildman–Crippen LogP) is 4.59. The van der Waals surface area contributed by atoms with Gasteiger partial charge in [0.2, 0.25) is 0 Å². The summed E-state index contributed by atoms with van der Waals surface area (Å²) in [6, 6.07) is 17.1. The standard InChI is InChI=1S/C26H24FNO7/c1-32-24-10-7-18(33-16-25(29)30)13-21(24)19-8-9-23(27)20-11-12-28(14-22(19)20)35-26(31)34-15-17-5-3-2-4-6-17/h2-10,13H,11-12,14-16H2,1H3,(H,29,30). The largest absolute Gasteiger partial charge is 0.528 e. The van der Waals surface area contributed by atoms with E-state index < -0.39 is 18.7 Å². The molecule has 4 rings (SSSR count). The molecule has 0 aliphatic carbocycles. The summed E-state index contributed by atoms with van der Waals surface area (Å²) in [5.74, 6) is -0.628. The molecule has 0 spiro atoms. The van der Waals surface area contributed by atoms with E-state index in [2.05, 4.69) is 0 Å². The van der Waals surface area contributed by atoms with E-state index >= 15 is 0 Å². The maximum Gasteiger partial charge on any atom is 0.528 e. The zero-order valence-corrected chi connectivity index (χ0v) is 19.0. The quantitative estimate of drug-likeness (QED) is 0.467. The molecule has 0 saturated carbocycles. The fraction of sp³-hybridized carbons (Fsp3) is 0.231. The third kappa shape index (κ3) is 5.88. The summed E-state index contributed by atoms with van der Waals surface area (Å²) in [7, 11) is 1.50. The highest BCUT2D eigenvalue weighted by atomic mass is 19.1. The van der Waals surface area contributed by atoms with Gasteiger partial charge in [0.05, 0.1) is 13.7 Å². The third-order valence-corrected chi connectivity index (χ3v) is 5.55. The molecule has 0 bridgehead atoms. The van der Waals surface area contributed by atoms with Crippen LogP contribution in [0.5, 0.6) is 11.5 Å². The lowest BCUT2D eigenvalue weighted by atomic mass is 9.91. The van der Waals surface area contributed by atoms with E-state index in [4.69, 9.17) is 24.2 Å². The van der Waals surface area contributed by atoms with Crippen molar-refractivity contribution < 1.29 is 38.1 Å². The molecule has 0 aromatic heterocycles. The highest BCUT2D eigenvalue weighted by Gasteiger charge is 2.26. The van der Waals surface area contributed by atoms with Gasteiger partial charge in [-0.1, -0.05) is 36.4 Å². The Labute approximate surface area is 201 Å². The number of benzene rings is 3. The molecule has 9 heteroatoms. The van der Waals surface area contributed by atoms with Gasteiger partial charge in [-0.15, -0.1) is 5.06 Å². The molecule has 182 valence electrons. The number of methoxy groups -OCH3 is 1. The fourth-order valence-corrected chi connectivity index (χ4v) is 3.92. The Kier molecular flexibility index (Phi) is 7.47. The first kappa shape index (κ1) is 24.0. The van der Waals surface area contributed by atoms with Gasteiger partial charge in [-0.05, 0) is 52.9 Å². The number of hydrogen-bond acceptors (Lipinski definition) is 7. The van der Waals surface area contributed by atoms with Crippen molar-refractivity contribution in [3.05, 3.63) is 83.2 Å². The van der Waals surface area contributed by atoms with Crippen LogP contribution in [0.3, 0.4) is 0 Å². The first-order valence-electron chi connectivity index (χ1n) is 10.9. The number of hydrogen-bond donors (Lipinski definition) is 1. The van der Waals surface area contributed by atoms with Crippen molar-refractivity contribution in [1.29, 1.82) is 0 Å². The average Bonchev–Trinajstić information content (AvgIpc) is 2.87. The Balaban J connectivity index is 1.55. The molecule has 1 aliphatic heterocycles. The number of rotatable bonds is 8. The van der Waals surface area contributed by atoms with Gasteiger partial charge in [0, 0.05) is 12.1 Å². The molecular weight excluding hydrogens is 457 g/mol. The molecule has 0 atom stereocenters. The van der Waals surface area contributed by atoms with Gasteiger partial charge in [0.25, 0.3) is 0 Å². The first-order valence-corrected chi connectivity index (χ1v) is 10.9. The zero-order chi connectivity index (χ0) is 24.8. The van der Waals surface area contributed by atoms with Crippen LogP contribution in [0.1, 0.15) is 16.7 Å². The number of fused-ring (bicyclic) bond motifs is 1. The summed E-state index contributed by atoms with van der Waals surface area (Å²) in [6.45, 7) is 0.00323. The minimum absolute atomic E-state index is 0.0737. The molecule has 1 N–H and O–H groups in total. The Morgan fingerprint density at radius 3 is 2.57 bits per heavy atom. The van der Waals surface area contributed by atoms with E-state index in [1.807, 2.05) is 30.3 Å². The molecule has 0 amide bonds. The van der Waals surface area contributed by atoms with E-state index in [-0.39, 0.29) is 19.0 Å². The van der Waals surface area contributed by atoms with Crippen molar-refractivity contribution in [2.75, 3.05) is 20.3 Å². The number of carboxylic acids is 1. The van der Waals surface area contributed by atoms with Crippen LogP contribution in [0, 0.1) is 5.82 Å². The minimum Gasteiger partial charge on any atom is -0.496 e. The molecule has 35 heavy (non-hydrogen) atoms. The van der Waals surface area contributed by atoms with Gasteiger partial charge in [0.1, 0.15) is 23.9 Å². The number of aliphatic carboxylic acids is 1. The van der Waals surface area contributed by atoms with Gasteiger partial charge >= 0.3 is 12.1 Å². The third-order valence-electron chi connectivity index (χ3n) is 5.55. The maximum atomic E-state index is 14.7. The number of carbonyl (C=O) groups is 2. The number of nitrogens with zero attached hydrogens (tertiary/aromatic N) is 1. The SMILES string of the molecule is COc1ccc(OCC(=O)O)cc1-c1ccc(F)c2c1CN(OC(=O)OCc1ccccc1)CC2. The van der Waals surface area contributed by atoms with Crippen LogP contribution < -0.4 is 9.47 Å². The summed E-state index contributed by atoms with van der Waals surface area (Å²) in [5.41, 5.74) is 3.22. The topological polar surface area (TPSA) is 94.5 Å². The van der Waals surface area contributed by atoms with Crippen LogP contribution in [0.4, 0.5) is 9.18 Å². The number of carboxylic acid groups (broad SMARTS) is 1. The van der Waals surface area contributed by atoms with Gasteiger partial charge in [-0.25, -0.2) is 14.0 Å². The molecule has 3 aromatic rings. The van der Waals surface area contributed by atoms with Gasteiger partial charge in [-0.2, -0.15) is 0 Å². The van der Waals surface area contributed by atoms with Gasteiger partial charge in [0.15, 0.2) is 6.61 Å². The number of hydroxylamine groups is 2. The zero-order valence-electron chi connectivity index (χ0n) is 19.0. The number of ether oxygens (including phenoxy) is 3. The smallest absolute Gasteiger partial charge is 0.496 e. The fourth-order valence-electron chi connectivity index (χ4n) is 3.92. The second-order valence-electron chi connectivity index (χ2n) is 7.83. The Morgan fingerprint density at radius 2 is 1.83 bits per heavy atom. The Bertz CT molecular complexity index is 1220. The van der Waals surface area contributed by atoms with Gasteiger partial charge in [-0.3, -0.25) is 0 Å². The lowest BCUT2D eigenvalue weighted by Gasteiger charge is -2.29. The number of carbonyl (C=O) groups excluding carboxylic acids is 1. The van der Waals surface area contributed by atoms with Crippen molar-refractivity contribution in [3.8, 4) is 22.6 Å². The Morgan fingerprint density at radius 1 is 1.03 bits per heavy atom. The summed E-state index contributed by atoms with van der Waals surface area (Å²) in [5, 5.41) is 10.3. The van der Waals surface area contributed by atoms with Gasteiger partial charge < -0.3 is 24.2 Å².